The summed E-state index contributed by atoms with van der Waals surface area (Å²) in [5.74, 6) is 0.0317. The van der Waals surface area contributed by atoms with Gasteiger partial charge in [0.15, 0.2) is 0 Å². The van der Waals surface area contributed by atoms with E-state index in [1.165, 1.54) is 11.8 Å². The molecule has 0 radical (unpaired) electrons. The summed E-state index contributed by atoms with van der Waals surface area (Å²) in [6.07, 6.45) is -2.89. The minimum absolute atomic E-state index is 0.0316. The first-order valence-electron chi connectivity index (χ1n) is 5.95. The number of aromatic nitrogens is 1. The number of nitriles is 1. The van der Waals surface area contributed by atoms with Crippen LogP contribution < -0.4 is 0 Å². The normalized spacial score (nSPS) is 11.5. The number of halogens is 5. The Labute approximate surface area is 143 Å². The molecule has 0 saturated carbocycles. The van der Waals surface area contributed by atoms with Gasteiger partial charge >= 0.3 is 6.18 Å². The van der Waals surface area contributed by atoms with Crippen molar-refractivity contribution in [3.63, 3.8) is 0 Å². The molecule has 1 aromatic carbocycles. The molecule has 1 aromatic heterocycles. The van der Waals surface area contributed by atoms with Crippen molar-refractivity contribution in [3.05, 3.63) is 45.1 Å². The van der Waals surface area contributed by atoms with Crippen LogP contribution in [-0.2, 0) is 12.1 Å². The predicted molar refractivity (Wildman–Crippen MR) is 85.8 cm³/mol. The van der Waals surface area contributed by atoms with Crippen molar-refractivity contribution in [3.8, 4) is 17.2 Å². The molecule has 2 rings (SSSR count). The molecule has 0 amide bonds. The monoisotopic (exact) mass is 408 g/mol. The zero-order valence-corrected chi connectivity index (χ0v) is 14.4. The molecular formula is C14H9BrClF3N2S. The summed E-state index contributed by atoms with van der Waals surface area (Å²) in [6, 6.07) is 8.21. The standard InChI is InChI=1S/C14H9BrClF3N2S/c1-22-7-21-10(6-20)11(8-2-4-9(16)5-3-8)12(15)13(21)14(17,18)19/h2-5H,7H2,1H3. The van der Waals surface area contributed by atoms with E-state index < -0.39 is 11.9 Å². The summed E-state index contributed by atoms with van der Waals surface area (Å²) in [5, 5.41) is 9.82. The van der Waals surface area contributed by atoms with Gasteiger partial charge in [-0.3, -0.25) is 0 Å². The van der Waals surface area contributed by atoms with E-state index in [1.807, 2.05) is 6.07 Å². The molecule has 0 aliphatic rings. The van der Waals surface area contributed by atoms with Crippen LogP contribution in [0.2, 0.25) is 5.02 Å². The quantitative estimate of drug-likeness (QED) is 0.643. The molecule has 0 aliphatic carbocycles. The second-order valence-electron chi connectivity index (χ2n) is 4.35. The molecule has 2 aromatic rings. The summed E-state index contributed by atoms with van der Waals surface area (Å²) >= 11 is 10.0. The SMILES string of the molecule is CSCn1c(C#N)c(-c2ccc(Cl)cc2)c(Br)c1C(F)(F)F. The molecule has 0 atom stereocenters. The van der Waals surface area contributed by atoms with Crippen LogP contribution >= 0.6 is 39.3 Å². The first kappa shape index (κ1) is 17.3. The lowest BCUT2D eigenvalue weighted by atomic mass is 10.1. The maximum Gasteiger partial charge on any atom is 0.432 e. The van der Waals surface area contributed by atoms with E-state index >= 15 is 0 Å². The topological polar surface area (TPSA) is 28.7 Å². The molecule has 0 N–H and O–H groups in total. The minimum atomic E-state index is -4.56. The van der Waals surface area contributed by atoms with E-state index in [2.05, 4.69) is 15.9 Å². The van der Waals surface area contributed by atoms with Gasteiger partial charge < -0.3 is 4.57 Å². The van der Waals surface area contributed by atoms with Crippen molar-refractivity contribution in [2.75, 3.05) is 6.26 Å². The van der Waals surface area contributed by atoms with E-state index in [9.17, 15) is 18.4 Å². The second kappa shape index (κ2) is 6.57. The lowest BCUT2D eigenvalue weighted by molar-refractivity contribution is -0.143. The van der Waals surface area contributed by atoms with Crippen LogP contribution in [-0.4, -0.2) is 10.8 Å². The van der Waals surface area contributed by atoms with Crippen molar-refractivity contribution in [1.29, 1.82) is 5.26 Å². The van der Waals surface area contributed by atoms with Crippen LogP contribution in [0.15, 0.2) is 28.7 Å². The Bertz CT molecular complexity index is 733. The van der Waals surface area contributed by atoms with Gasteiger partial charge in [-0.05, 0) is 39.9 Å². The van der Waals surface area contributed by atoms with Crippen LogP contribution in [0.5, 0.6) is 0 Å². The van der Waals surface area contributed by atoms with Crippen molar-refractivity contribution in [2.24, 2.45) is 0 Å². The molecule has 116 valence electrons. The lowest BCUT2D eigenvalue weighted by Crippen LogP contribution is -2.14. The van der Waals surface area contributed by atoms with Gasteiger partial charge in [0.05, 0.1) is 10.3 Å². The predicted octanol–water partition coefficient (Wildman–Crippen LogP) is 5.78. The highest BCUT2D eigenvalue weighted by Crippen LogP contribution is 2.44. The lowest BCUT2D eigenvalue weighted by Gasteiger charge is -2.12. The number of nitrogens with zero attached hydrogens (tertiary/aromatic N) is 2. The number of rotatable bonds is 3. The van der Waals surface area contributed by atoms with Crippen LogP contribution in [0.25, 0.3) is 11.1 Å². The number of benzene rings is 1. The number of hydrogen-bond acceptors (Lipinski definition) is 2. The van der Waals surface area contributed by atoms with Gasteiger partial charge in [-0.25, -0.2) is 0 Å². The maximum atomic E-state index is 13.4. The molecule has 8 heteroatoms. The molecule has 0 fully saturated rings. The smallest absolute Gasteiger partial charge is 0.317 e. The van der Waals surface area contributed by atoms with Crippen molar-refractivity contribution in [2.45, 2.75) is 12.1 Å². The van der Waals surface area contributed by atoms with Gasteiger partial charge in [-0.2, -0.15) is 18.4 Å². The first-order chi connectivity index (χ1) is 10.3. The highest BCUT2D eigenvalue weighted by atomic mass is 79.9. The highest BCUT2D eigenvalue weighted by molar-refractivity contribution is 9.10. The van der Waals surface area contributed by atoms with Gasteiger partial charge in [0, 0.05) is 10.6 Å². The average Bonchev–Trinajstić information content (AvgIpc) is 2.72. The molecule has 0 bridgehead atoms. The molecule has 0 unspecified atom stereocenters. The third kappa shape index (κ3) is 3.14. The molecule has 0 aliphatic heterocycles. The van der Waals surface area contributed by atoms with E-state index in [1.54, 1.807) is 30.5 Å². The van der Waals surface area contributed by atoms with Crippen LogP contribution in [0.3, 0.4) is 0 Å². The first-order valence-corrected chi connectivity index (χ1v) is 8.52. The van der Waals surface area contributed by atoms with Gasteiger partial charge in [0.1, 0.15) is 17.5 Å². The molecule has 0 saturated heterocycles. The summed E-state index contributed by atoms with van der Waals surface area (Å²) < 4.78 is 40.9. The third-order valence-electron chi connectivity index (χ3n) is 2.97. The molecule has 0 spiro atoms. The minimum Gasteiger partial charge on any atom is -0.317 e. The second-order valence-corrected chi connectivity index (χ2v) is 6.41. The molecular weight excluding hydrogens is 401 g/mol. The fourth-order valence-corrected chi connectivity index (χ4v) is 3.62. The molecule has 2 nitrogen and oxygen atoms in total. The maximum absolute atomic E-state index is 13.4. The van der Waals surface area contributed by atoms with E-state index in [4.69, 9.17) is 11.6 Å². The van der Waals surface area contributed by atoms with Gasteiger partial charge in [0.25, 0.3) is 0 Å². The summed E-state index contributed by atoms with van der Waals surface area (Å²) in [7, 11) is 0. The van der Waals surface area contributed by atoms with Gasteiger partial charge in [-0.15, -0.1) is 11.8 Å². The van der Waals surface area contributed by atoms with E-state index in [-0.39, 0.29) is 21.6 Å². The van der Waals surface area contributed by atoms with Crippen LogP contribution in [0.1, 0.15) is 11.4 Å². The zero-order chi connectivity index (χ0) is 16.5. The number of alkyl halides is 3. The largest absolute Gasteiger partial charge is 0.432 e. The van der Waals surface area contributed by atoms with Gasteiger partial charge in [-0.1, -0.05) is 23.7 Å². The number of thioether (sulfide) groups is 1. The van der Waals surface area contributed by atoms with Gasteiger partial charge in [0.2, 0.25) is 0 Å². The van der Waals surface area contributed by atoms with E-state index in [0.29, 0.717) is 10.6 Å². The van der Waals surface area contributed by atoms with Crippen LogP contribution in [0, 0.1) is 11.3 Å². The Balaban J connectivity index is 2.79. The summed E-state index contributed by atoms with van der Waals surface area (Å²) in [5.41, 5.74) is -0.169. The van der Waals surface area contributed by atoms with Crippen molar-refractivity contribution in [1.82, 2.24) is 4.57 Å². The average molecular weight is 410 g/mol. The Morgan fingerprint density at radius 2 is 1.91 bits per heavy atom. The summed E-state index contributed by atoms with van der Waals surface area (Å²) in [6.45, 7) is 0. The highest BCUT2D eigenvalue weighted by Gasteiger charge is 2.40. The van der Waals surface area contributed by atoms with Crippen LogP contribution in [0.4, 0.5) is 13.2 Å². The Morgan fingerprint density at radius 3 is 2.36 bits per heavy atom. The Kier molecular flexibility index (Phi) is 5.15. The Morgan fingerprint density at radius 1 is 1.32 bits per heavy atom. The fraction of sp³-hybridized carbons (Fsp3) is 0.214. The van der Waals surface area contributed by atoms with Crippen molar-refractivity contribution < 1.29 is 13.2 Å². The molecule has 1 heterocycles. The fourth-order valence-electron chi connectivity index (χ4n) is 2.12. The van der Waals surface area contributed by atoms with Crippen molar-refractivity contribution >= 4 is 39.3 Å². The number of hydrogen-bond donors (Lipinski definition) is 0. The zero-order valence-electron chi connectivity index (χ0n) is 11.2. The van der Waals surface area contributed by atoms with E-state index in [0.717, 1.165) is 4.57 Å². The third-order valence-corrected chi connectivity index (χ3v) is 4.51. The summed E-state index contributed by atoms with van der Waals surface area (Å²) in [4.78, 5) is 0. The Hall–Kier alpha value is -1.10. The molecule has 22 heavy (non-hydrogen) atoms.